The van der Waals surface area contributed by atoms with Gasteiger partial charge in [0.1, 0.15) is 18.2 Å². The summed E-state index contributed by atoms with van der Waals surface area (Å²) in [5.74, 6) is -0.0160. The second kappa shape index (κ2) is 6.57. The zero-order chi connectivity index (χ0) is 15.4. The fourth-order valence-corrected chi connectivity index (χ4v) is 2.07. The molecule has 0 amide bonds. The summed E-state index contributed by atoms with van der Waals surface area (Å²) in [6.45, 7) is 1.55. The van der Waals surface area contributed by atoms with E-state index < -0.39 is 11.9 Å². The minimum Gasteiger partial charge on any atom is -0.488 e. The minimum absolute atomic E-state index is 0.0390. The highest BCUT2D eigenvalue weighted by Crippen LogP contribution is 2.29. The van der Waals surface area contributed by atoms with E-state index >= 15 is 0 Å². The lowest BCUT2D eigenvalue weighted by Crippen LogP contribution is -2.03. The number of rotatable bonds is 4. The fraction of sp³-hybridized carbons (Fsp3) is 0.188. The van der Waals surface area contributed by atoms with Crippen LogP contribution in [0.25, 0.3) is 0 Å². The molecule has 0 saturated carbocycles. The maximum absolute atomic E-state index is 13.7. The second-order valence-corrected chi connectivity index (χ2v) is 5.00. The second-order valence-electron chi connectivity index (χ2n) is 4.56. The SMILES string of the molecule is CC(O)c1cc(Cl)ccc1OCc1cc(C#N)ccc1F. The Labute approximate surface area is 127 Å². The van der Waals surface area contributed by atoms with Gasteiger partial charge < -0.3 is 9.84 Å². The summed E-state index contributed by atoms with van der Waals surface area (Å²) in [5, 5.41) is 19.0. The topological polar surface area (TPSA) is 53.2 Å². The van der Waals surface area contributed by atoms with Crippen molar-refractivity contribution >= 4 is 11.6 Å². The summed E-state index contributed by atoms with van der Waals surface area (Å²) in [6.07, 6.45) is -0.756. The van der Waals surface area contributed by atoms with Crippen LogP contribution >= 0.6 is 11.6 Å². The lowest BCUT2D eigenvalue weighted by molar-refractivity contribution is 0.190. The van der Waals surface area contributed by atoms with Crippen molar-refractivity contribution in [1.29, 1.82) is 5.26 Å². The molecule has 0 aliphatic rings. The molecule has 0 aliphatic carbocycles. The molecule has 2 rings (SSSR count). The molecule has 1 N–H and O–H groups in total. The molecule has 2 aromatic rings. The molecule has 0 fully saturated rings. The summed E-state index contributed by atoms with van der Waals surface area (Å²) in [5.41, 5.74) is 1.17. The molecule has 1 unspecified atom stereocenters. The van der Waals surface area contributed by atoms with Crippen molar-refractivity contribution in [3.05, 3.63) is 63.9 Å². The van der Waals surface area contributed by atoms with Gasteiger partial charge in [0.05, 0.1) is 17.7 Å². The number of ether oxygens (including phenoxy) is 1. The predicted octanol–water partition coefficient (Wildman–Crippen LogP) is 3.98. The van der Waals surface area contributed by atoms with E-state index in [1.807, 2.05) is 6.07 Å². The molecule has 2 aromatic carbocycles. The molecule has 0 saturated heterocycles. The maximum atomic E-state index is 13.7. The molecule has 5 heteroatoms. The molecule has 1 atom stereocenters. The van der Waals surface area contributed by atoms with Crippen LogP contribution in [-0.4, -0.2) is 5.11 Å². The highest BCUT2D eigenvalue weighted by atomic mass is 35.5. The van der Waals surface area contributed by atoms with Crippen LogP contribution in [0.5, 0.6) is 5.75 Å². The van der Waals surface area contributed by atoms with Gasteiger partial charge in [-0.05, 0) is 43.3 Å². The van der Waals surface area contributed by atoms with Crippen LogP contribution in [0.1, 0.15) is 29.7 Å². The Hall–Kier alpha value is -2.09. The molecule has 0 spiro atoms. The van der Waals surface area contributed by atoms with Gasteiger partial charge in [0, 0.05) is 16.1 Å². The van der Waals surface area contributed by atoms with Gasteiger partial charge >= 0.3 is 0 Å². The third kappa shape index (κ3) is 3.72. The lowest BCUT2D eigenvalue weighted by atomic mass is 10.1. The van der Waals surface area contributed by atoms with E-state index in [2.05, 4.69) is 0 Å². The summed E-state index contributed by atoms with van der Waals surface area (Å²) < 4.78 is 19.2. The Morgan fingerprint density at radius 3 is 2.76 bits per heavy atom. The van der Waals surface area contributed by atoms with Crippen LogP contribution in [0.3, 0.4) is 0 Å². The molecular weight excluding hydrogens is 293 g/mol. The minimum atomic E-state index is -0.756. The Morgan fingerprint density at radius 1 is 1.33 bits per heavy atom. The highest BCUT2D eigenvalue weighted by Gasteiger charge is 2.11. The monoisotopic (exact) mass is 305 g/mol. The van der Waals surface area contributed by atoms with Crippen molar-refractivity contribution in [3.63, 3.8) is 0 Å². The van der Waals surface area contributed by atoms with Crippen molar-refractivity contribution < 1.29 is 14.2 Å². The molecule has 108 valence electrons. The van der Waals surface area contributed by atoms with E-state index in [-0.39, 0.29) is 12.2 Å². The first-order valence-electron chi connectivity index (χ1n) is 6.30. The summed E-state index contributed by atoms with van der Waals surface area (Å²) in [4.78, 5) is 0. The van der Waals surface area contributed by atoms with Crippen LogP contribution in [0.15, 0.2) is 36.4 Å². The first kappa shape index (κ1) is 15.3. The molecule has 0 bridgehead atoms. The Balaban J connectivity index is 2.23. The van der Waals surface area contributed by atoms with Crippen molar-refractivity contribution in [2.45, 2.75) is 19.6 Å². The molecule has 0 aromatic heterocycles. The third-order valence-corrected chi connectivity index (χ3v) is 3.22. The average molecular weight is 306 g/mol. The number of aliphatic hydroxyl groups is 1. The van der Waals surface area contributed by atoms with Gasteiger partial charge in [0.25, 0.3) is 0 Å². The van der Waals surface area contributed by atoms with Crippen LogP contribution in [0, 0.1) is 17.1 Å². The van der Waals surface area contributed by atoms with E-state index in [4.69, 9.17) is 21.6 Å². The van der Waals surface area contributed by atoms with Crippen molar-refractivity contribution in [1.82, 2.24) is 0 Å². The lowest BCUT2D eigenvalue weighted by Gasteiger charge is -2.14. The first-order chi connectivity index (χ1) is 10.0. The van der Waals surface area contributed by atoms with Gasteiger partial charge in [0.2, 0.25) is 0 Å². The van der Waals surface area contributed by atoms with Crippen LogP contribution in [-0.2, 0) is 6.61 Å². The molecule has 0 aliphatic heterocycles. The molecule has 3 nitrogen and oxygen atoms in total. The quantitative estimate of drug-likeness (QED) is 0.929. The van der Waals surface area contributed by atoms with Crippen LogP contribution in [0.2, 0.25) is 5.02 Å². The zero-order valence-corrected chi connectivity index (χ0v) is 12.1. The Kier molecular flexibility index (Phi) is 4.79. The van der Waals surface area contributed by atoms with Gasteiger partial charge in [-0.1, -0.05) is 11.6 Å². The fourth-order valence-electron chi connectivity index (χ4n) is 1.89. The number of halogens is 2. The maximum Gasteiger partial charge on any atom is 0.129 e. The summed E-state index contributed by atoms with van der Waals surface area (Å²) in [6, 6.07) is 10.9. The van der Waals surface area contributed by atoms with E-state index in [9.17, 15) is 9.50 Å². The predicted molar refractivity (Wildman–Crippen MR) is 77.5 cm³/mol. The molecule has 0 heterocycles. The number of hydrogen-bond donors (Lipinski definition) is 1. The van der Waals surface area contributed by atoms with Crippen LogP contribution < -0.4 is 4.74 Å². The third-order valence-electron chi connectivity index (χ3n) is 2.98. The van der Waals surface area contributed by atoms with Crippen LogP contribution in [0.4, 0.5) is 4.39 Å². The summed E-state index contributed by atoms with van der Waals surface area (Å²) >= 11 is 5.88. The number of aliphatic hydroxyl groups excluding tert-OH is 1. The first-order valence-corrected chi connectivity index (χ1v) is 6.68. The highest BCUT2D eigenvalue weighted by molar-refractivity contribution is 6.30. The largest absolute Gasteiger partial charge is 0.488 e. The number of benzene rings is 2. The normalized spacial score (nSPS) is 11.8. The molecule has 21 heavy (non-hydrogen) atoms. The van der Waals surface area contributed by atoms with E-state index in [1.54, 1.807) is 25.1 Å². The van der Waals surface area contributed by atoms with E-state index in [0.717, 1.165) is 0 Å². The van der Waals surface area contributed by atoms with Gasteiger partial charge in [-0.25, -0.2) is 4.39 Å². The van der Waals surface area contributed by atoms with Crippen molar-refractivity contribution in [3.8, 4) is 11.8 Å². The number of nitriles is 1. The average Bonchev–Trinajstić information content (AvgIpc) is 2.47. The van der Waals surface area contributed by atoms with E-state index in [0.29, 0.717) is 21.9 Å². The number of nitrogens with zero attached hydrogens (tertiary/aromatic N) is 1. The summed E-state index contributed by atoms with van der Waals surface area (Å²) in [7, 11) is 0. The van der Waals surface area contributed by atoms with Gasteiger partial charge in [-0.15, -0.1) is 0 Å². The van der Waals surface area contributed by atoms with E-state index in [1.165, 1.54) is 18.2 Å². The van der Waals surface area contributed by atoms with Gasteiger partial charge in [0.15, 0.2) is 0 Å². The molecular formula is C16H13ClFNO2. The Bertz CT molecular complexity index is 695. The zero-order valence-electron chi connectivity index (χ0n) is 11.3. The Morgan fingerprint density at radius 2 is 2.10 bits per heavy atom. The van der Waals surface area contributed by atoms with Crippen molar-refractivity contribution in [2.75, 3.05) is 0 Å². The molecule has 0 radical (unpaired) electrons. The number of hydrogen-bond acceptors (Lipinski definition) is 3. The van der Waals surface area contributed by atoms with Crippen molar-refractivity contribution in [2.24, 2.45) is 0 Å². The van der Waals surface area contributed by atoms with Gasteiger partial charge in [-0.2, -0.15) is 5.26 Å². The smallest absolute Gasteiger partial charge is 0.129 e. The standard InChI is InChI=1S/C16H13ClFNO2/c1-10(20)14-7-13(17)3-5-16(14)21-9-12-6-11(8-19)2-4-15(12)18/h2-7,10,20H,9H2,1H3. The van der Waals surface area contributed by atoms with Gasteiger partial charge in [-0.3, -0.25) is 0 Å².